The average Bonchev–Trinajstić information content (AvgIpc) is 3.31. The Balaban J connectivity index is 1.91. The topological polar surface area (TPSA) is 113 Å². The summed E-state index contributed by atoms with van der Waals surface area (Å²) in [4.78, 5) is 22.1. The average molecular weight is 392 g/mol. The molecule has 0 bridgehead atoms. The zero-order chi connectivity index (χ0) is 18.5. The highest BCUT2D eigenvalue weighted by molar-refractivity contribution is 7.99. The van der Waals surface area contributed by atoms with Crippen molar-refractivity contribution in [3.8, 4) is 0 Å². The van der Waals surface area contributed by atoms with Gasteiger partial charge in [0.1, 0.15) is 11.5 Å². The number of hydrogen-bond donors (Lipinski definition) is 0. The predicted molar refractivity (Wildman–Crippen MR) is 96.3 cm³/mol. The quantitative estimate of drug-likeness (QED) is 0.289. The van der Waals surface area contributed by atoms with Crippen LogP contribution in [0.3, 0.4) is 0 Å². The minimum absolute atomic E-state index is 0.296. The van der Waals surface area contributed by atoms with Crippen molar-refractivity contribution in [3.63, 3.8) is 0 Å². The van der Waals surface area contributed by atoms with Gasteiger partial charge in [-0.2, -0.15) is 0 Å². The number of hydrogen-bond acceptors (Lipinski definition) is 8. The van der Waals surface area contributed by atoms with Crippen LogP contribution >= 0.6 is 23.5 Å². The summed E-state index contributed by atoms with van der Waals surface area (Å²) in [5.41, 5.74) is -0.591. The Hall–Kier alpha value is -2.72. The second-order valence-corrected chi connectivity index (χ2v) is 7.07. The minimum atomic E-state index is -0.613. The van der Waals surface area contributed by atoms with E-state index in [0.717, 1.165) is 6.07 Å². The van der Waals surface area contributed by atoms with E-state index in [-0.39, 0.29) is 11.4 Å². The first-order chi connectivity index (χ1) is 12.5. The number of rotatable bonds is 8. The fourth-order valence-corrected chi connectivity index (χ4v) is 4.11. The molecule has 10 heteroatoms. The standard InChI is InChI=1S/C16H12N2O6S2/c19-17(20)13-7-14(18(21)22)16(26-10-12-4-2-6-24-12)8-15(13)25-9-11-3-1-5-23-11/h1-8H,9-10H2. The second kappa shape index (κ2) is 8.11. The first kappa shape index (κ1) is 18.1. The summed E-state index contributed by atoms with van der Waals surface area (Å²) in [6.07, 6.45) is 3.04. The maximum atomic E-state index is 11.3. The first-order valence-electron chi connectivity index (χ1n) is 7.32. The molecule has 0 amide bonds. The molecule has 3 aromatic rings. The lowest BCUT2D eigenvalue weighted by molar-refractivity contribution is -0.397. The van der Waals surface area contributed by atoms with Crippen LogP contribution < -0.4 is 0 Å². The van der Waals surface area contributed by atoms with Gasteiger partial charge in [-0.15, -0.1) is 23.5 Å². The zero-order valence-electron chi connectivity index (χ0n) is 13.2. The van der Waals surface area contributed by atoms with Crippen molar-refractivity contribution in [3.05, 3.63) is 80.7 Å². The van der Waals surface area contributed by atoms with Crippen molar-refractivity contribution in [2.24, 2.45) is 0 Å². The molecule has 0 N–H and O–H groups in total. The minimum Gasteiger partial charge on any atom is -0.468 e. The number of thioether (sulfide) groups is 2. The van der Waals surface area contributed by atoms with Crippen molar-refractivity contribution in [2.75, 3.05) is 0 Å². The number of furan rings is 2. The molecule has 0 atom stereocenters. The predicted octanol–water partition coefficient (Wildman–Crippen LogP) is 5.27. The van der Waals surface area contributed by atoms with Gasteiger partial charge in [0, 0.05) is 0 Å². The maximum Gasteiger partial charge on any atom is 0.289 e. The van der Waals surface area contributed by atoms with Gasteiger partial charge in [-0.05, 0) is 30.3 Å². The molecule has 0 aliphatic rings. The summed E-state index contributed by atoms with van der Waals surface area (Å²) in [5, 5.41) is 22.7. The van der Waals surface area contributed by atoms with Gasteiger partial charge < -0.3 is 8.83 Å². The molecule has 0 unspecified atom stereocenters. The fourth-order valence-electron chi connectivity index (χ4n) is 2.14. The largest absolute Gasteiger partial charge is 0.468 e. The van der Waals surface area contributed by atoms with Crippen molar-refractivity contribution < 1.29 is 18.7 Å². The van der Waals surface area contributed by atoms with E-state index in [1.54, 1.807) is 24.3 Å². The molecule has 0 radical (unpaired) electrons. The molecule has 0 aliphatic heterocycles. The maximum absolute atomic E-state index is 11.3. The summed E-state index contributed by atoms with van der Waals surface area (Å²) < 4.78 is 10.5. The molecule has 26 heavy (non-hydrogen) atoms. The van der Waals surface area contributed by atoms with Crippen LogP contribution in [0.2, 0.25) is 0 Å². The highest BCUT2D eigenvalue weighted by Crippen LogP contribution is 2.41. The fraction of sp³-hybridized carbons (Fsp3) is 0.125. The Kier molecular flexibility index (Phi) is 5.64. The monoisotopic (exact) mass is 392 g/mol. The number of benzene rings is 1. The normalized spacial score (nSPS) is 10.8. The van der Waals surface area contributed by atoms with Gasteiger partial charge in [-0.3, -0.25) is 20.2 Å². The lowest BCUT2D eigenvalue weighted by Crippen LogP contribution is -1.97. The van der Waals surface area contributed by atoms with Crippen LogP contribution in [0.5, 0.6) is 0 Å². The highest BCUT2D eigenvalue weighted by Gasteiger charge is 2.25. The molecule has 0 saturated carbocycles. The van der Waals surface area contributed by atoms with E-state index >= 15 is 0 Å². The van der Waals surface area contributed by atoms with E-state index in [1.165, 1.54) is 42.1 Å². The zero-order valence-corrected chi connectivity index (χ0v) is 14.8. The smallest absolute Gasteiger partial charge is 0.289 e. The van der Waals surface area contributed by atoms with Crippen LogP contribution in [0, 0.1) is 20.2 Å². The third-order valence-corrected chi connectivity index (χ3v) is 5.47. The molecular weight excluding hydrogens is 380 g/mol. The van der Waals surface area contributed by atoms with Gasteiger partial charge in [-0.1, -0.05) is 0 Å². The Morgan fingerprint density at radius 1 is 0.808 bits per heavy atom. The molecule has 2 aromatic heterocycles. The molecule has 0 saturated heterocycles. The molecular formula is C16H12N2O6S2. The molecule has 0 aliphatic carbocycles. The SMILES string of the molecule is O=[N+]([O-])c1cc([N+](=O)[O-])c(SCc2ccco2)cc1SCc1ccco1. The van der Waals surface area contributed by atoms with Crippen LogP contribution in [0.25, 0.3) is 0 Å². The van der Waals surface area contributed by atoms with Gasteiger partial charge in [-0.25, -0.2) is 0 Å². The van der Waals surface area contributed by atoms with Gasteiger partial charge >= 0.3 is 0 Å². The summed E-state index contributed by atoms with van der Waals surface area (Å²) >= 11 is 2.39. The summed E-state index contributed by atoms with van der Waals surface area (Å²) in [5.74, 6) is 2.09. The highest BCUT2D eigenvalue weighted by atomic mass is 32.2. The molecule has 1 aromatic carbocycles. The number of nitro benzene ring substituents is 2. The Morgan fingerprint density at radius 2 is 1.27 bits per heavy atom. The van der Waals surface area contributed by atoms with Crippen molar-refractivity contribution in [1.82, 2.24) is 0 Å². The lowest BCUT2D eigenvalue weighted by Gasteiger charge is -2.07. The first-order valence-corrected chi connectivity index (χ1v) is 9.29. The van der Waals surface area contributed by atoms with Gasteiger partial charge in [0.2, 0.25) is 0 Å². The second-order valence-electron chi connectivity index (χ2n) is 5.04. The van der Waals surface area contributed by atoms with Crippen LogP contribution in [-0.2, 0) is 11.5 Å². The summed E-state index contributed by atoms with van der Waals surface area (Å²) in [6.45, 7) is 0. The Morgan fingerprint density at radius 3 is 1.62 bits per heavy atom. The van der Waals surface area contributed by atoms with Crippen LogP contribution in [0.15, 0.2) is 67.5 Å². The molecule has 0 spiro atoms. The summed E-state index contributed by atoms with van der Waals surface area (Å²) in [7, 11) is 0. The Labute approximate surface area is 155 Å². The van der Waals surface area contributed by atoms with Crippen molar-refractivity contribution in [1.29, 1.82) is 0 Å². The Bertz CT molecular complexity index is 838. The molecule has 134 valence electrons. The molecule has 8 nitrogen and oxygen atoms in total. The molecule has 3 rings (SSSR count). The van der Waals surface area contributed by atoms with Crippen molar-refractivity contribution >= 4 is 34.9 Å². The third kappa shape index (κ3) is 4.27. The molecule has 2 heterocycles. The third-order valence-electron chi connectivity index (χ3n) is 3.33. The van der Waals surface area contributed by atoms with E-state index < -0.39 is 9.85 Å². The molecule has 0 fully saturated rings. The van der Waals surface area contributed by atoms with E-state index in [4.69, 9.17) is 8.83 Å². The lowest BCUT2D eigenvalue weighted by atomic mass is 10.3. The number of nitro groups is 2. The van der Waals surface area contributed by atoms with Crippen molar-refractivity contribution in [2.45, 2.75) is 21.3 Å². The van der Waals surface area contributed by atoms with Crippen LogP contribution in [-0.4, -0.2) is 9.85 Å². The van der Waals surface area contributed by atoms with Crippen LogP contribution in [0.1, 0.15) is 11.5 Å². The summed E-state index contributed by atoms with van der Waals surface area (Å²) in [6, 6.07) is 9.47. The van der Waals surface area contributed by atoms with Gasteiger partial charge in [0.15, 0.2) is 0 Å². The van der Waals surface area contributed by atoms with Crippen LogP contribution in [0.4, 0.5) is 11.4 Å². The van der Waals surface area contributed by atoms with E-state index in [9.17, 15) is 20.2 Å². The number of nitrogens with zero attached hydrogens (tertiary/aromatic N) is 2. The van der Waals surface area contributed by atoms with Gasteiger partial charge in [0.05, 0.1) is 49.7 Å². The van der Waals surface area contributed by atoms with Gasteiger partial charge in [0.25, 0.3) is 11.4 Å². The van der Waals surface area contributed by atoms with E-state index in [0.29, 0.717) is 32.8 Å². The van der Waals surface area contributed by atoms with E-state index in [1.807, 2.05) is 0 Å². The van der Waals surface area contributed by atoms with E-state index in [2.05, 4.69) is 0 Å².